The number of amides is 1. The molecule has 136 valence electrons. The Morgan fingerprint density at radius 3 is 2.81 bits per heavy atom. The van der Waals surface area contributed by atoms with Gasteiger partial charge in [-0.15, -0.1) is 0 Å². The van der Waals surface area contributed by atoms with E-state index in [1.165, 1.54) is 18.4 Å². The number of fused-ring (bicyclic) bond motifs is 1. The van der Waals surface area contributed by atoms with Gasteiger partial charge in [0.15, 0.2) is 11.4 Å². The van der Waals surface area contributed by atoms with Crippen LogP contribution in [0.15, 0.2) is 51.6 Å². The summed E-state index contributed by atoms with van der Waals surface area (Å²) in [6, 6.07) is 9.58. The van der Waals surface area contributed by atoms with Crippen molar-refractivity contribution in [2.75, 3.05) is 5.32 Å². The van der Waals surface area contributed by atoms with E-state index in [2.05, 4.69) is 31.3 Å². The normalized spacial score (nSPS) is 11.1. The van der Waals surface area contributed by atoms with Crippen molar-refractivity contribution < 1.29 is 13.6 Å². The van der Waals surface area contributed by atoms with Gasteiger partial charge < -0.3 is 9.73 Å². The van der Waals surface area contributed by atoms with E-state index in [0.717, 1.165) is 0 Å². The van der Waals surface area contributed by atoms with Gasteiger partial charge in [0, 0.05) is 11.5 Å². The molecule has 0 aliphatic rings. The first kappa shape index (κ1) is 17.4. The van der Waals surface area contributed by atoms with Crippen molar-refractivity contribution in [2.45, 2.75) is 6.92 Å². The lowest BCUT2D eigenvalue weighted by Crippen LogP contribution is -2.14. The number of aromatic nitrogens is 3. The van der Waals surface area contributed by atoms with Crippen molar-refractivity contribution in [3.05, 3.63) is 64.2 Å². The highest BCUT2D eigenvalue weighted by atomic mass is 79.9. The molecule has 0 unspecified atom stereocenters. The summed E-state index contributed by atoms with van der Waals surface area (Å²) < 4.78 is 21.7. The fraction of sp³-hybridized carbons (Fsp3) is 0.105. The number of carbonyl (C=O) groups excluding carboxylic acids is 1. The van der Waals surface area contributed by atoms with Gasteiger partial charge in [-0.25, -0.2) is 9.37 Å². The smallest absolute Gasteiger partial charge is 0.256 e. The number of hydrogen-bond acceptors (Lipinski definition) is 4. The van der Waals surface area contributed by atoms with Gasteiger partial charge in [-0.05, 0) is 43.3 Å². The second-order valence-electron chi connectivity index (χ2n) is 6.02. The first-order chi connectivity index (χ1) is 12.9. The maximum atomic E-state index is 14.1. The third kappa shape index (κ3) is 3.12. The number of pyridine rings is 1. The zero-order chi connectivity index (χ0) is 19.1. The zero-order valence-corrected chi connectivity index (χ0v) is 16.0. The van der Waals surface area contributed by atoms with Gasteiger partial charge in [-0.2, -0.15) is 5.10 Å². The Morgan fingerprint density at radius 1 is 1.30 bits per heavy atom. The molecule has 3 heterocycles. The summed E-state index contributed by atoms with van der Waals surface area (Å²) in [5.41, 5.74) is 2.14. The number of aryl methyl sites for hydroxylation is 2. The summed E-state index contributed by atoms with van der Waals surface area (Å²) in [6.45, 7) is 1.80. The average molecular weight is 429 g/mol. The van der Waals surface area contributed by atoms with Crippen LogP contribution in [0, 0.1) is 12.7 Å². The molecule has 0 aliphatic carbocycles. The summed E-state index contributed by atoms with van der Waals surface area (Å²) in [6.07, 6.45) is 1.53. The molecule has 0 radical (unpaired) electrons. The molecule has 27 heavy (non-hydrogen) atoms. The van der Waals surface area contributed by atoms with Gasteiger partial charge in [-0.3, -0.25) is 9.48 Å². The maximum absolute atomic E-state index is 14.1. The fourth-order valence-electron chi connectivity index (χ4n) is 2.95. The third-order valence-corrected chi connectivity index (χ3v) is 4.66. The molecule has 0 fully saturated rings. The first-order valence-corrected chi connectivity index (χ1v) is 8.88. The van der Waals surface area contributed by atoms with Crippen molar-refractivity contribution >= 4 is 38.6 Å². The van der Waals surface area contributed by atoms with Crippen LogP contribution < -0.4 is 5.32 Å². The van der Waals surface area contributed by atoms with E-state index >= 15 is 0 Å². The van der Waals surface area contributed by atoms with Gasteiger partial charge in [0.1, 0.15) is 11.5 Å². The van der Waals surface area contributed by atoms with Crippen LogP contribution in [0.2, 0.25) is 0 Å². The molecule has 0 atom stereocenters. The average Bonchev–Trinajstić information content (AvgIpc) is 3.26. The number of furan rings is 1. The van der Waals surface area contributed by atoms with E-state index in [1.54, 1.807) is 42.9 Å². The lowest BCUT2D eigenvalue weighted by Gasteiger charge is -2.09. The number of anilines is 1. The highest BCUT2D eigenvalue weighted by Crippen LogP contribution is 2.28. The van der Waals surface area contributed by atoms with Crippen molar-refractivity contribution in [3.63, 3.8) is 0 Å². The van der Waals surface area contributed by atoms with Gasteiger partial charge >= 0.3 is 0 Å². The molecule has 0 saturated carbocycles. The Kier molecular flexibility index (Phi) is 4.27. The molecule has 1 amide bonds. The maximum Gasteiger partial charge on any atom is 0.256 e. The van der Waals surface area contributed by atoms with E-state index < -0.39 is 11.7 Å². The van der Waals surface area contributed by atoms with Crippen LogP contribution in [0.5, 0.6) is 0 Å². The quantitative estimate of drug-likeness (QED) is 0.513. The van der Waals surface area contributed by atoms with Crippen LogP contribution in [0.25, 0.3) is 22.5 Å². The molecule has 0 aliphatic heterocycles. The van der Waals surface area contributed by atoms with Gasteiger partial charge in [0.25, 0.3) is 5.91 Å². The second-order valence-corrected chi connectivity index (χ2v) is 6.93. The largest absolute Gasteiger partial charge is 0.463 e. The van der Waals surface area contributed by atoms with E-state index in [1.807, 2.05) is 0 Å². The second kappa shape index (κ2) is 6.62. The molecule has 4 aromatic rings. The van der Waals surface area contributed by atoms with Crippen LogP contribution in [0.3, 0.4) is 0 Å². The standard InChI is InChI=1S/C19H14BrFN4O2/c1-10-17-12(19(26)23-14-6-5-11(20)8-13(14)21)9-15(16-4-3-7-27-16)22-18(17)25(2)24-10/h3-9H,1-2H3,(H,23,26). The van der Waals surface area contributed by atoms with Crippen molar-refractivity contribution in [1.82, 2.24) is 14.8 Å². The third-order valence-electron chi connectivity index (χ3n) is 4.17. The fourth-order valence-corrected chi connectivity index (χ4v) is 3.29. The van der Waals surface area contributed by atoms with Crippen LogP contribution in [0.4, 0.5) is 10.1 Å². The van der Waals surface area contributed by atoms with E-state index in [0.29, 0.717) is 38.2 Å². The van der Waals surface area contributed by atoms with E-state index in [-0.39, 0.29) is 5.69 Å². The van der Waals surface area contributed by atoms with Crippen molar-refractivity contribution in [1.29, 1.82) is 0 Å². The predicted molar refractivity (Wildman–Crippen MR) is 103 cm³/mol. The molecule has 1 aromatic carbocycles. The summed E-state index contributed by atoms with van der Waals surface area (Å²) in [7, 11) is 1.75. The Hall–Kier alpha value is -3.00. The van der Waals surface area contributed by atoms with E-state index in [4.69, 9.17) is 4.42 Å². The molecule has 8 heteroatoms. The Bertz CT molecular complexity index is 1170. The highest BCUT2D eigenvalue weighted by Gasteiger charge is 2.21. The minimum absolute atomic E-state index is 0.0919. The number of hydrogen-bond donors (Lipinski definition) is 1. The van der Waals surface area contributed by atoms with Crippen LogP contribution in [-0.4, -0.2) is 20.7 Å². The number of carbonyl (C=O) groups is 1. The number of nitrogens with zero attached hydrogens (tertiary/aromatic N) is 3. The first-order valence-electron chi connectivity index (χ1n) is 8.08. The molecule has 0 bridgehead atoms. The molecular weight excluding hydrogens is 415 g/mol. The molecular formula is C19H14BrFN4O2. The molecule has 3 aromatic heterocycles. The molecule has 0 saturated heterocycles. The summed E-state index contributed by atoms with van der Waals surface area (Å²) in [5.74, 6) is -0.454. The Morgan fingerprint density at radius 2 is 2.11 bits per heavy atom. The highest BCUT2D eigenvalue weighted by molar-refractivity contribution is 9.10. The van der Waals surface area contributed by atoms with Gasteiger partial charge in [0.2, 0.25) is 0 Å². The number of rotatable bonds is 3. The Balaban J connectivity index is 1.85. The molecule has 1 N–H and O–H groups in total. The summed E-state index contributed by atoms with van der Waals surface area (Å²) >= 11 is 3.20. The number of benzene rings is 1. The molecule has 4 rings (SSSR count). The van der Waals surface area contributed by atoms with Crippen LogP contribution in [0.1, 0.15) is 16.1 Å². The zero-order valence-electron chi connectivity index (χ0n) is 14.5. The SMILES string of the molecule is Cc1nn(C)c2nc(-c3ccco3)cc(C(=O)Nc3ccc(Br)cc3F)c12. The lowest BCUT2D eigenvalue weighted by molar-refractivity contribution is 0.102. The van der Waals surface area contributed by atoms with Crippen LogP contribution >= 0.6 is 15.9 Å². The number of halogens is 2. The van der Waals surface area contributed by atoms with Gasteiger partial charge in [-0.1, -0.05) is 15.9 Å². The minimum Gasteiger partial charge on any atom is -0.463 e. The van der Waals surface area contributed by atoms with Crippen LogP contribution in [-0.2, 0) is 7.05 Å². The number of nitrogens with one attached hydrogen (secondary N) is 1. The molecule has 6 nitrogen and oxygen atoms in total. The van der Waals surface area contributed by atoms with E-state index in [9.17, 15) is 9.18 Å². The molecule has 0 spiro atoms. The van der Waals surface area contributed by atoms with Crippen molar-refractivity contribution in [3.8, 4) is 11.5 Å². The lowest BCUT2D eigenvalue weighted by atomic mass is 10.1. The monoisotopic (exact) mass is 428 g/mol. The summed E-state index contributed by atoms with van der Waals surface area (Å²) in [5, 5.41) is 7.59. The van der Waals surface area contributed by atoms with Gasteiger partial charge in [0.05, 0.1) is 28.6 Å². The Labute approximate surface area is 162 Å². The topological polar surface area (TPSA) is 73.0 Å². The summed E-state index contributed by atoms with van der Waals surface area (Å²) in [4.78, 5) is 17.5. The van der Waals surface area contributed by atoms with Crippen molar-refractivity contribution in [2.24, 2.45) is 7.05 Å². The predicted octanol–water partition coefficient (Wildman–Crippen LogP) is 4.69. The minimum atomic E-state index is -0.530.